The molecule has 2 aliphatic carbocycles. The first-order valence-electron chi connectivity index (χ1n) is 12.1. The first kappa shape index (κ1) is 23.4. The van der Waals surface area contributed by atoms with Crippen molar-refractivity contribution >= 4 is 18.0 Å². The van der Waals surface area contributed by atoms with Crippen molar-refractivity contribution in [3.8, 4) is 11.1 Å². The van der Waals surface area contributed by atoms with Crippen LogP contribution in [0, 0.1) is 5.92 Å². The number of carboxylic acids is 1. The molecule has 1 saturated carbocycles. The molecule has 1 unspecified atom stereocenters. The Hall–Kier alpha value is -3.39. The molecule has 1 saturated heterocycles. The van der Waals surface area contributed by atoms with Crippen molar-refractivity contribution in [3.63, 3.8) is 0 Å². The van der Waals surface area contributed by atoms with Crippen LogP contribution in [0.5, 0.6) is 0 Å². The predicted octanol–water partition coefficient (Wildman–Crippen LogP) is 3.40. The van der Waals surface area contributed by atoms with E-state index in [1.807, 2.05) is 24.3 Å². The van der Waals surface area contributed by atoms with Gasteiger partial charge in [0.1, 0.15) is 6.61 Å². The van der Waals surface area contributed by atoms with Gasteiger partial charge in [0.05, 0.1) is 19.1 Å². The van der Waals surface area contributed by atoms with E-state index in [1.54, 1.807) is 4.90 Å². The number of ether oxygens (including phenoxy) is 2. The maximum Gasteiger partial charge on any atom is 0.407 e. The van der Waals surface area contributed by atoms with Crippen LogP contribution in [-0.2, 0) is 19.1 Å². The molecule has 0 bridgehead atoms. The molecule has 0 spiro atoms. The van der Waals surface area contributed by atoms with E-state index in [0.29, 0.717) is 19.4 Å². The fraction of sp³-hybridized carbons (Fsp3) is 0.444. The van der Waals surface area contributed by atoms with Crippen molar-refractivity contribution in [3.05, 3.63) is 59.7 Å². The van der Waals surface area contributed by atoms with Gasteiger partial charge in [0.2, 0.25) is 5.91 Å². The smallest absolute Gasteiger partial charge is 0.407 e. The van der Waals surface area contributed by atoms with Gasteiger partial charge in [-0.05, 0) is 42.0 Å². The van der Waals surface area contributed by atoms with E-state index in [9.17, 15) is 19.5 Å². The normalized spacial score (nSPS) is 25.6. The lowest BCUT2D eigenvalue weighted by atomic mass is 9.98. The Kier molecular flexibility index (Phi) is 6.23. The summed E-state index contributed by atoms with van der Waals surface area (Å²) in [5.74, 6) is -1.65. The molecule has 0 aromatic heterocycles. The standard InChI is InChI=1S/C27H30N2O6/c1-27(25(31)32)16-29(13-14-35-27)24(30)21-11-6-12-23(21)28-26(33)34-15-22-19-9-4-2-7-17(19)18-8-3-5-10-20(18)22/h2-5,7-10,21-23H,6,11-16H2,1H3,(H,28,33)(H,31,32)/t21-,23+,27?/m0/s1. The molecule has 5 rings (SSSR count). The number of alkyl carbamates (subject to hydrolysis) is 1. The van der Waals surface area contributed by atoms with Crippen LogP contribution in [0.15, 0.2) is 48.5 Å². The predicted molar refractivity (Wildman–Crippen MR) is 128 cm³/mol. The van der Waals surface area contributed by atoms with Crippen molar-refractivity contribution < 1.29 is 29.0 Å². The number of hydrogen-bond acceptors (Lipinski definition) is 5. The molecule has 8 nitrogen and oxygen atoms in total. The van der Waals surface area contributed by atoms with Crippen LogP contribution in [0.1, 0.15) is 43.2 Å². The van der Waals surface area contributed by atoms with Crippen LogP contribution in [0.3, 0.4) is 0 Å². The first-order valence-corrected chi connectivity index (χ1v) is 12.1. The Bertz CT molecular complexity index is 1100. The quantitative estimate of drug-likeness (QED) is 0.683. The van der Waals surface area contributed by atoms with Gasteiger partial charge < -0.3 is 24.8 Å². The fourth-order valence-electron chi connectivity index (χ4n) is 5.64. The molecular weight excluding hydrogens is 448 g/mol. The number of rotatable bonds is 5. The Morgan fingerprint density at radius 1 is 1.09 bits per heavy atom. The summed E-state index contributed by atoms with van der Waals surface area (Å²) in [4.78, 5) is 39.1. The Morgan fingerprint density at radius 3 is 2.40 bits per heavy atom. The van der Waals surface area contributed by atoms with Crippen LogP contribution in [0.4, 0.5) is 4.79 Å². The molecule has 1 aliphatic heterocycles. The lowest BCUT2D eigenvalue weighted by Crippen LogP contribution is -2.58. The second-order valence-corrected chi connectivity index (χ2v) is 9.76. The number of carbonyl (C=O) groups excluding carboxylic acids is 2. The lowest BCUT2D eigenvalue weighted by molar-refractivity contribution is -0.178. The molecule has 2 amide bonds. The van der Waals surface area contributed by atoms with Crippen LogP contribution in [-0.4, -0.2) is 65.9 Å². The number of aliphatic carboxylic acids is 1. The highest BCUT2D eigenvalue weighted by Gasteiger charge is 2.44. The van der Waals surface area contributed by atoms with E-state index >= 15 is 0 Å². The summed E-state index contributed by atoms with van der Waals surface area (Å²) in [5.41, 5.74) is 3.20. The van der Waals surface area contributed by atoms with E-state index in [-0.39, 0.29) is 37.6 Å². The Morgan fingerprint density at radius 2 is 1.74 bits per heavy atom. The third-order valence-corrected chi connectivity index (χ3v) is 7.52. The first-order chi connectivity index (χ1) is 16.9. The highest BCUT2D eigenvalue weighted by atomic mass is 16.5. The maximum absolute atomic E-state index is 13.2. The third-order valence-electron chi connectivity index (χ3n) is 7.52. The van der Waals surface area contributed by atoms with Gasteiger partial charge in [0.15, 0.2) is 5.60 Å². The molecule has 2 aromatic rings. The minimum absolute atomic E-state index is 0.00463. The van der Waals surface area contributed by atoms with Crippen molar-refractivity contribution in [2.75, 3.05) is 26.3 Å². The fourth-order valence-corrected chi connectivity index (χ4v) is 5.64. The number of fused-ring (bicyclic) bond motifs is 3. The number of morpholine rings is 1. The monoisotopic (exact) mass is 478 g/mol. The SMILES string of the molecule is CC1(C(=O)O)CN(C(=O)[C@H]2CCC[C@H]2NC(=O)OCC2c3ccccc3-c3ccccc32)CCO1. The molecule has 2 fully saturated rings. The number of carboxylic acid groups (broad SMARTS) is 1. The number of hydrogen-bond donors (Lipinski definition) is 2. The topological polar surface area (TPSA) is 105 Å². The maximum atomic E-state index is 13.2. The number of amides is 2. The van der Waals surface area contributed by atoms with Gasteiger partial charge >= 0.3 is 12.1 Å². The zero-order chi connectivity index (χ0) is 24.6. The molecule has 2 aromatic carbocycles. The van der Waals surface area contributed by atoms with Crippen molar-refractivity contribution in [1.82, 2.24) is 10.2 Å². The zero-order valence-corrected chi connectivity index (χ0v) is 19.7. The average molecular weight is 479 g/mol. The summed E-state index contributed by atoms with van der Waals surface area (Å²) < 4.78 is 11.1. The molecule has 3 aliphatic rings. The summed E-state index contributed by atoms with van der Waals surface area (Å²) in [5, 5.41) is 12.4. The second-order valence-electron chi connectivity index (χ2n) is 9.76. The Labute approximate surface area is 204 Å². The summed E-state index contributed by atoms with van der Waals surface area (Å²) in [6, 6.07) is 16.0. The van der Waals surface area contributed by atoms with Crippen LogP contribution in [0.25, 0.3) is 11.1 Å². The van der Waals surface area contributed by atoms with Crippen LogP contribution in [0.2, 0.25) is 0 Å². The molecule has 1 heterocycles. The molecule has 2 N–H and O–H groups in total. The molecular formula is C27H30N2O6. The van der Waals surface area contributed by atoms with Gasteiger partial charge in [0.25, 0.3) is 0 Å². The summed E-state index contributed by atoms with van der Waals surface area (Å²) in [6.45, 7) is 2.21. The number of nitrogens with zero attached hydrogens (tertiary/aromatic N) is 1. The van der Waals surface area contributed by atoms with Gasteiger partial charge in [-0.1, -0.05) is 55.0 Å². The van der Waals surface area contributed by atoms with E-state index in [1.165, 1.54) is 6.92 Å². The molecule has 0 radical (unpaired) electrons. The molecule has 8 heteroatoms. The molecule has 35 heavy (non-hydrogen) atoms. The largest absolute Gasteiger partial charge is 0.479 e. The summed E-state index contributed by atoms with van der Waals surface area (Å²) in [7, 11) is 0. The highest BCUT2D eigenvalue weighted by Crippen LogP contribution is 2.44. The van der Waals surface area contributed by atoms with Gasteiger partial charge in [-0.3, -0.25) is 4.79 Å². The van der Waals surface area contributed by atoms with Crippen molar-refractivity contribution in [1.29, 1.82) is 0 Å². The third kappa shape index (κ3) is 4.38. The molecule has 3 atom stereocenters. The minimum Gasteiger partial charge on any atom is -0.479 e. The van der Waals surface area contributed by atoms with Crippen LogP contribution >= 0.6 is 0 Å². The van der Waals surface area contributed by atoms with Crippen LogP contribution < -0.4 is 5.32 Å². The highest BCUT2D eigenvalue weighted by molar-refractivity contribution is 5.83. The van der Waals surface area contributed by atoms with E-state index < -0.39 is 23.6 Å². The van der Waals surface area contributed by atoms with Crippen molar-refractivity contribution in [2.24, 2.45) is 5.92 Å². The lowest BCUT2D eigenvalue weighted by Gasteiger charge is -2.39. The van der Waals surface area contributed by atoms with Gasteiger partial charge in [0, 0.05) is 18.5 Å². The van der Waals surface area contributed by atoms with E-state index in [2.05, 4.69) is 29.6 Å². The Balaban J connectivity index is 1.21. The number of carbonyl (C=O) groups is 3. The van der Waals surface area contributed by atoms with Gasteiger partial charge in [-0.25, -0.2) is 9.59 Å². The molecule has 184 valence electrons. The van der Waals surface area contributed by atoms with E-state index in [0.717, 1.165) is 28.7 Å². The second kappa shape index (κ2) is 9.34. The van der Waals surface area contributed by atoms with Gasteiger partial charge in [-0.2, -0.15) is 0 Å². The average Bonchev–Trinajstić information content (AvgIpc) is 3.44. The summed E-state index contributed by atoms with van der Waals surface area (Å²) >= 11 is 0. The number of nitrogens with one attached hydrogen (secondary N) is 1. The van der Waals surface area contributed by atoms with E-state index in [4.69, 9.17) is 9.47 Å². The minimum atomic E-state index is -1.41. The number of benzene rings is 2. The summed E-state index contributed by atoms with van der Waals surface area (Å²) in [6.07, 6.45) is 1.61. The zero-order valence-electron chi connectivity index (χ0n) is 19.7. The van der Waals surface area contributed by atoms with Crippen molar-refractivity contribution in [2.45, 2.75) is 43.7 Å². The van der Waals surface area contributed by atoms with Gasteiger partial charge in [-0.15, -0.1) is 0 Å².